The second-order valence-electron chi connectivity index (χ2n) is 5.79. The number of benzene rings is 1. The molecule has 1 aromatic carbocycles. The first kappa shape index (κ1) is 17.1. The molecule has 22 heavy (non-hydrogen) atoms. The Morgan fingerprint density at radius 3 is 2.59 bits per heavy atom. The molecule has 1 aliphatic rings. The van der Waals surface area contributed by atoms with Crippen LogP contribution in [0.3, 0.4) is 0 Å². The maximum Gasteiger partial charge on any atom is 0.161 e. The molecule has 0 amide bonds. The van der Waals surface area contributed by atoms with Gasteiger partial charge in [-0.05, 0) is 31.0 Å². The summed E-state index contributed by atoms with van der Waals surface area (Å²) < 4.78 is 11.2. The fourth-order valence-corrected chi connectivity index (χ4v) is 3.12. The molecule has 124 valence electrons. The van der Waals surface area contributed by atoms with Gasteiger partial charge in [-0.3, -0.25) is 4.90 Å². The summed E-state index contributed by atoms with van der Waals surface area (Å²) in [4.78, 5) is 2.60. The van der Waals surface area contributed by atoms with Crippen molar-refractivity contribution in [3.8, 4) is 11.5 Å². The van der Waals surface area contributed by atoms with Gasteiger partial charge in [0.1, 0.15) is 0 Å². The molecule has 0 saturated carbocycles. The van der Waals surface area contributed by atoms with E-state index >= 15 is 0 Å². The van der Waals surface area contributed by atoms with Crippen molar-refractivity contribution >= 4 is 0 Å². The smallest absolute Gasteiger partial charge is 0.161 e. The SMILES string of the molecule is CCCC[C@H](c1ccc(OCC)c(OC)c1)N1CCNCC1. The van der Waals surface area contributed by atoms with Crippen LogP contribution in [0.15, 0.2) is 18.2 Å². The standard InChI is InChI=1S/C18H30N2O2/c1-4-6-7-16(20-12-10-19-11-13-20)15-8-9-17(22-5-2)18(14-15)21-3/h8-9,14,16,19H,4-7,10-13H2,1-3H3/t16-/m1/s1. The van der Waals surface area contributed by atoms with E-state index in [4.69, 9.17) is 9.47 Å². The minimum Gasteiger partial charge on any atom is -0.493 e. The van der Waals surface area contributed by atoms with Crippen LogP contribution < -0.4 is 14.8 Å². The maximum atomic E-state index is 5.64. The predicted octanol–water partition coefficient (Wildman–Crippen LogP) is 3.23. The van der Waals surface area contributed by atoms with Crippen LogP contribution in [0.2, 0.25) is 0 Å². The Balaban J connectivity index is 2.21. The molecule has 0 bridgehead atoms. The van der Waals surface area contributed by atoms with E-state index in [2.05, 4.69) is 35.3 Å². The molecule has 0 aliphatic carbocycles. The third-order valence-electron chi connectivity index (χ3n) is 4.30. The summed E-state index contributed by atoms with van der Waals surface area (Å²) in [5.41, 5.74) is 1.34. The first-order valence-corrected chi connectivity index (χ1v) is 8.55. The molecule has 1 aromatic rings. The molecule has 0 unspecified atom stereocenters. The first-order chi connectivity index (χ1) is 10.8. The molecule has 1 fully saturated rings. The summed E-state index contributed by atoms with van der Waals surface area (Å²) in [7, 11) is 1.72. The van der Waals surface area contributed by atoms with Gasteiger partial charge in [0.2, 0.25) is 0 Å². The lowest BCUT2D eigenvalue weighted by Crippen LogP contribution is -2.45. The van der Waals surface area contributed by atoms with Crippen LogP contribution in [0.4, 0.5) is 0 Å². The monoisotopic (exact) mass is 306 g/mol. The van der Waals surface area contributed by atoms with Crippen molar-refractivity contribution in [3.63, 3.8) is 0 Å². The highest BCUT2D eigenvalue weighted by Crippen LogP contribution is 2.34. The molecule has 0 aromatic heterocycles. The van der Waals surface area contributed by atoms with E-state index in [9.17, 15) is 0 Å². The van der Waals surface area contributed by atoms with Gasteiger partial charge in [-0.25, -0.2) is 0 Å². The van der Waals surface area contributed by atoms with Crippen LogP contribution in [0.1, 0.15) is 44.7 Å². The van der Waals surface area contributed by atoms with Gasteiger partial charge in [-0.2, -0.15) is 0 Å². The number of nitrogens with zero attached hydrogens (tertiary/aromatic N) is 1. The molecule has 2 rings (SSSR count). The zero-order chi connectivity index (χ0) is 15.8. The van der Waals surface area contributed by atoms with E-state index in [1.54, 1.807) is 7.11 Å². The van der Waals surface area contributed by atoms with E-state index in [0.29, 0.717) is 12.6 Å². The van der Waals surface area contributed by atoms with Gasteiger partial charge in [0.05, 0.1) is 13.7 Å². The van der Waals surface area contributed by atoms with Crippen molar-refractivity contribution < 1.29 is 9.47 Å². The van der Waals surface area contributed by atoms with E-state index < -0.39 is 0 Å². The van der Waals surface area contributed by atoms with Gasteiger partial charge >= 0.3 is 0 Å². The number of ether oxygens (including phenoxy) is 2. The summed E-state index contributed by atoms with van der Waals surface area (Å²) in [5.74, 6) is 1.68. The molecule has 1 atom stereocenters. The van der Waals surface area contributed by atoms with Crippen molar-refractivity contribution in [2.75, 3.05) is 39.9 Å². The van der Waals surface area contributed by atoms with Crippen molar-refractivity contribution in [3.05, 3.63) is 23.8 Å². The molecule has 1 saturated heterocycles. The molecule has 4 heteroatoms. The van der Waals surface area contributed by atoms with Crippen molar-refractivity contribution in [1.82, 2.24) is 10.2 Å². The zero-order valence-corrected chi connectivity index (χ0v) is 14.2. The summed E-state index contributed by atoms with van der Waals surface area (Å²) in [5, 5.41) is 3.44. The predicted molar refractivity (Wildman–Crippen MR) is 90.9 cm³/mol. The molecule has 1 aliphatic heterocycles. The molecule has 4 nitrogen and oxygen atoms in total. The fourth-order valence-electron chi connectivity index (χ4n) is 3.12. The minimum absolute atomic E-state index is 0.478. The van der Waals surface area contributed by atoms with Crippen molar-refractivity contribution in [2.45, 2.75) is 39.2 Å². The van der Waals surface area contributed by atoms with Crippen LogP contribution in [-0.2, 0) is 0 Å². The Morgan fingerprint density at radius 2 is 1.95 bits per heavy atom. The molecule has 1 heterocycles. The first-order valence-electron chi connectivity index (χ1n) is 8.55. The highest BCUT2D eigenvalue weighted by molar-refractivity contribution is 5.44. The van der Waals surface area contributed by atoms with Gasteiger partial charge in [-0.1, -0.05) is 25.8 Å². The minimum atomic E-state index is 0.478. The molecular formula is C18H30N2O2. The highest BCUT2D eigenvalue weighted by Gasteiger charge is 2.22. The Morgan fingerprint density at radius 1 is 1.18 bits per heavy atom. The van der Waals surface area contributed by atoms with Crippen LogP contribution in [0.5, 0.6) is 11.5 Å². The van der Waals surface area contributed by atoms with Gasteiger partial charge in [-0.15, -0.1) is 0 Å². The second kappa shape index (κ2) is 9.01. The Bertz CT molecular complexity index is 445. The van der Waals surface area contributed by atoms with Crippen LogP contribution in [0.25, 0.3) is 0 Å². The Kier molecular flexibility index (Phi) is 7.00. The third-order valence-corrected chi connectivity index (χ3v) is 4.30. The largest absolute Gasteiger partial charge is 0.493 e. The summed E-state index contributed by atoms with van der Waals surface area (Å²) in [6.45, 7) is 9.31. The van der Waals surface area contributed by atoms with Gasteiger partial charge in [0.15, 0.2) is 11.5 Å². The normalized spacial score (nSPS) is 17.2. The Hall–Kier alpha value is -1.26. The molecule has 1 N–H and O–H groups in total. The summed E-state index contributed by atoms with van der Waals surface area (Å²) >= 11 is 0. The molecule has 0 spiro atoms. The maximum absolute atomic E-state index is 5.64. The van der Waals surface area contributed by atoms with Crippen molar-refractivity contribution in [2.24, 2.45) is 0 Å². The number of rotatable bonds is 8. The van der Waals surface area contributed by atoms with Crippen molar-refractivity contribution in [1.29, 1.82) is 0 Å². The Labute approximate surface area is 134 Å². The van der Waals surface area contributed by atoms with E-state index in [0.717, 1.165) is 37.7 Å². The molecular weight excluding hydrogens is 276 g/mol. The lowest BCUT2D eigenvalue weighted by Gasteiger charge is -2.35. The fraction of sp³-hybridized carbons (Fsp3) is 0.667. The van der Waals surface area contributed by atoms with Crippen LogP contribution in [0, 0.1) is 0 Å². The topological polar surface area (TPSA) is 33.7 Å². The number of hydrogen-bond acceptors (Lipinski definition) is 4. The van der Waals surface area contributed by atoms with Gasteiger partial charge in [0.25, 0.3) is 0 Å². The van der Waals surface area contributed by atoms with Crippen LogP contribution >= 0.6 is 0 Å². The van der Waals surface area contributed by atoms with E-state index in [1.807, 2.05) is 6.92 Å². The third kappa shape index (κ3) is 4.37. The summed E-state index contributed by atoms with van der Waals surface area (Å²) in [6, 6.07) is 6.90. The van der Waals surface area contributed by atoms with E-state index in [-0.39, 0.29) is 0 Å². The van der Waals surface area contributed by atoms with Gasteiger partial charge in [0, 0.05) is 32.2 Å². The quantitative estimate of drug-likeness (QED) is 0.799. The van der Waals surface area contributed by atoms with E-state index in [1.165, 1.54) is 24.8 Å². The average molecular weight is 306 g/mol. The number of unbranched alkanes of at least 4 members (excludes halogenated alkanes) is 1. The number of hydrogen-bond donors (Lipinski definition) is 1. The lowest BCUT2D eigenvalue weighted by molar-refractivity contribution is 0.163. The lowest BCUT2D eigenvalue weighted by atomic mass is 9.98. The molecule has 0 radical (unpaired) electrons. The number of methoxy groups -OCH3 is 1. The van der Waals surface area contributed by atoms with Gasteiger partial charge < -0.3 is 14.8 Å². The van der Waals surface area contributed by atoms with Crippen LogP contribution in [-0.4, -0.2) is 44.8 Å². The summed E-state index contributed by atoms with van der Waals surface area (Å²) in [6.07, 6.45) is 3.69. The number of piperazine rings is 1. The zero-order valence-electron chi connectivity index (χ0n) is 14.2. The average Bonchev–Trinajstić information content (AvgIpc) is 2.57. The number of nitrogens with one attached hydrogen (secondary N) is 1. The second-order valence-corrected chi connectivity index (χ2v) is 5.79. The highest BCUT2D eigenvalue weighted by atomic mass is 16.5.